The fourth-order valence-corrected chi connectivity index (χ4v) is 2.81. The SMILES string of the molecule is COc1cccc(CSc2nc3ncc(Cl)cc3[nH]2)c1. The summed E-state index contributed by atoms with van der Waals surface area (Å²) in [5, 5.41) is 1.43. The third kappa shape index (κ3) is 2.89. The van der Waals surface area contributed by atoms with Crippen LogP contribution in [0.1, 0.15) is 5.56 Å². The normalized spacial score (nSPS) is 10.9. The second kappa shape index (κ2) is 5.73. The van der Waals surface area contributed by atoms with Gasteiger partial charge in [-0.15, -0.1) is 0 Å². The molecule has 6 heteroatoms. The monoisotopic (exact) mass is 305 g/mol. The number of fused-ring (bicyclic) bond motifs is 1. The van der Waals surface area contributed by atoms with Crippen molar-refractivity contribution >= 4 is 34.5 Å². The highest BCUT2D eigenvalue weighted by Crippen LogP contribution is 2.24. The summed E-state index contributed by atoms with van der Waals surface area (Å²) in [5.41, 5.74) is 2.72. The molecule has 1 N–H and O–H groups in total. The Kier molecular flexibility index (Phi) is 3.80. The Morgan fingerprint density at radius 1 is 1.35 bits per heavy atom. The van der Waals surface area contributed by atoms with Gasteiger partial charge in [0.1, 0.15) is 5.75 Å². The maximum atomic E-state index is 5.90. The van der Waals surface area contributed by atoms with Gasteiger partial charge < -0.3 is 9.72 Å². The van der Waals surface area contributed by atoms with E-state index in [1.54, 1.807) is 25.1 Å². The van der Waals surface area contributed by atoms with Crippen LogP contribution in [0.4, 0.5) is 0 Å². The Hall–Kier alpha value is -1.72. The molecule has 0 saturated heterocycles. The molecule has 0 atom stereocenters. The minimum atomic E-state index is 0.602. The zero-order valence-corrected chi connectivity index (χ0v) is 12.3. The summed E-state index contributed by atoms with van der Waals surface area (Å²) in [7, 11) is 1.67. The Labute approximate surface area is 125 Å². The quantitative estimate of drug-likeness (QED) is 0.742. The van der Waals surface area contributed by atoms with Gasteiger partial charge in [-0.1, -0.05) is 35.5 Å². The first kappa shape index (κ1) is 13.3. The summed E-state index contributed by atoms with van der Waals surface area (Å²) in [6.07, 6.45) is 1.60. The molecule has 4 nitrogen and oxygen atoms in total. The third-order valence-electron chi connectivity index (χ3n) is 2.79. The van der Waals surface area contributed by atoms with Gasteiger partial charge in [-0.2, -0.15) is 0 Å². The molecular weight excluding hydrogens is 294 g/mol. The van der Waals surface area contributed by atoms with Crippen LogP contribution in [0.25, 0.3) is 11.2 Å². The minimum Gasteiger partial charge on any atom is -0.497 e. The summed E-state index contributed by atoms with van der Waals surface area (Å²) in [4.78, 5) is 11.8. The van der Waals surface area contributed by atoms with E-state index in [1.165, 1.54) is 5.56 Å². The van der Waals surface area contributed by atoms with Gasteiger partial charge in [0.05, 0.1) is 17.6 Å². The number of benzene rings is 1. The molecule has 3 aromatic rings. The Morgan fingerprint density at radius 3 is 3.10 bits per heavy atom. The molecule has 2 heterocycles. The van der Waals surface area contributed by atoms with E-state index in [9.17, 15) is 0 Å². The average molecular weight is 306 g/mol. The van der Waals surface area contributed by atoms with Crippen LogP contribution in [0.5, 0.6) is 5.75 Å². The molecule has 0 fully saturated rings. The number of imidazole rings is 1. The smallest absolute Gasteiger partial charge is 0.178 e. The number of H-pyrrole nitrogens is 1. The molecule has 3 rings (SSSR count). The second-order valence-corrected chi connectivity index (χ2v) is 5.61. The fourth-order valence-electron chi connectivity index (χ4n) is 1.83. The summed E-state index contributed by atoms with van der Waals surface area (Å²) >= 11 is 7.52. The first-order valence-electron chi connectivity index (χ1n) is 6.01. The van der Waals surface area contributed by atoms with Crippen LogP contribution in [-0.2, 0) is 5.75 Å². The summed E-state index contributed by atoms with van der Waals surface area (Å²) < 4.78 is 5.21. The van der Waals surface area contributed by atoms with Crippen molar-refractivity contribution in [3.8, 4) is 5.75 Å². The van der Waals surface area contributed by atoms with Crippen molar-refractivity contribution in [1.29, 1.82) is 0 Å². The van der Waals surface area contributed by atoms with E-state index in [0.717, 1.165) is 22.2 Å². The minimum absolute atomic E-state index is 0.602. The summed E-state index contributed by atoms with van der Waals surface area (Å²) in [6, 6.07) is 9.82. The Morgan fingerprint density at radius 2 is 2.25 bits per heavy atom. The fraction of sp³-hybridized carbons (Fsp3) is 0.143. The number of nitrogens with one attached hydrogen (secondary N) is 1. The van der Waals surface area contributed by atoms with Gasteiger partial charge in [0.25, 0.3) is 0 Å². The lowest BCUT2D eigenvalue weighted by molar-refractivity contribution is 0.414. The van der Waals surface area contributed by atoms with E-state index in [4.69, 9.17) is 16.3 Å². The lowest BCUT2D eigenvalue weighted by Crippen LogP contribution is -1.86. The van der Waals surface area contributed by atoms with Crippen molar-refractivity contribution in [2.24, 2.45) is 0 Å². The first-order valence-corrected chi connectivity index (χ1v) is 7.38. The van der Waals surface area contributed by atoms with Crippen LogP contribution in [0.15, 0.2) is 41.7 Å². The molecule has 0 aliphatic carbocycles. The molecule has 0 spiro atoms. The van der Waals surface area contributed by atoms with Crippen LogP contribution in [0, 0.1) is 0 Å². The number of hydrogen-bond donors (Lipinski definition) is 1. The van der Waals surface area contributed by atoms with E-state index in [0.29, 0.717) is 10.7 Å². The molecule has 0 bridgehead atoms. The highest BCUT2D eigenvalue weighted by atomic mass is 35.5. The van der Waals surface area contributed by atoms with Gasteiger partial charge in [-0.25, -0.2) is 9.97 Å². The molecule has 0 aliphatic rings. The topological polar surface area (TPSA) is 50.8 Å². The summed E-state index contributed by atoms with van der Waals surface area (Å²) in [5.74, 6) is 1.67. The molecule has 0 aliphatic heterocycles. The average Bonchev–Trinajstić information content (AvgIpc) is 2.87. The molecule has 102 valence electrons. The standard InChI is InChI=1S/C14H12ClN3OS/c1-19-11-4-2-3-9(5-11)8-20-14-17-12-6-10(15)7-16-13(12)18-14/h2-7H,8H2,1H3,(H,16,17,18). The predicted octanol–water partition coefficient (Wildman–Crippen LogP) is 3.91. The van der Waals surface area contributed by atoms with Crippen molar-refractivity contribution in [2.45, 2.75) is 10.9 Å². The molecule has 0 saturated carbocycles. The molecular formula is C14H12ClN3OS. The molecule has 0 amide bonds. The third-order valence-corrected chi connectivity index (χ3v) is 3.94. The van der Waals surface area contributed by atoms with Crippen LogP contribution in [0.2, 0.25) is 5.02 Å². The van der Waals surface area contributed by atoms with E-state index in [1.807, 2.05) is 24.3 Å². The zero-order valence-electron chi connectivity index (χ0n) is 10.8. The van der Waals surface area contributed by atoms with Crippen LogP contribution < -0.4 is 4.74 Å². The number of nitrogens with zero attached hydrogens (tertiary/aromatic N) is 2. The number of hydrogen-bond acceptors (Lipinski definition) is 4. The zero-order chi connectivity index (χ0) is 13.9. The number of halogens is 1. The van der Waals surface area contributed by atoms with E-state index < -0.39 is 0 Å². The highest BCUT2D eigenvalue weighted by Gasteiger charge is 2.06. The molecule has 0 radical (unpaired) electrons. The maximum absolute atomic E-state index is 5.90. The predicted molar refractivity (Wildman–Crippen MR) is 81.5 cm³/mol. The number of thioether (sulfide) groups is 1. The summed E-state index contributed by atoms with van der Waals surface area (Å²) in [6.45, 7) is 0. The van der Waals surface area contributed by atoms with Crippen LogP contribution >= 0.6 is 23.4 Å². The lowest BCUT2D eigenvalue weighted by Gasteiger charge is -2.02. The van der Waals surface area contributed by atoms with Crippen molar-refractivity contribution in [3.05, 3.63) is 47.1 Å². The molecule has 1 aromatic carbocycles. The molecule has 0 unspecified atom stereocenters. The van der Waals surface area contributed by atoms with Crippen molar-refractivity contribution in [1.82, 2.24) is 15.0 Å². The lowest BCUT2D eigenvalue weighted by atomic mass is 10.2. The number of rotatable bonds is 4. The van der Waals surface area contributed by atoms with Crippen molar-refractivity contribution < 1.29 is 4.74 Å². The highest BCUT2D eigenvalue weighted by molar-refractivity contribution is 7.98. The van der Waals surface area contributed by atoms with E-state index >= 15 is 0 Å². The number of aromatic amines is 1. The van der Waals surface area contributed by atoms with Crippen molar-refractivity contribution in [3.63, 3.8) is 0 Å². The van der Waals surface area contributed by atoms with Crippen LogP contribution in [-0.4, -0.2) is 22.1 Å². The Balaban J connectivity index is 1.76. The van der Waals surface area contributed by atoms with Gasteiger partial charge >= 0.3 is 0 Å². The van der Waals surface area contributed by atoms with Gasteiger partial charge in [0.2, 0.25) is 0 Å². The number of methoxy groups -OCH3 is 1. The van der Waals surface area contributed by atoms with E-state index in [2.05, 4.69) is 21.0 Å². The second-order valence-electron chi connectivity index (χ2n) is 4.21. The van der Waals surface area contributed by atoms with Crippen molar-refractivity contribution in [2.75, 3.05) is 7.11 Å². The number of ether oxygens (including phenoxy) is 1. The molecule has 2 aromatic heterocycles. The largest absolute Gasteiger partial charge is 0.497 e. The van der Waals surface area contributed by atoms with Crippen LogP contribution in [0.3, 0.4) is 0 Å². The van der Waals surface area contributed by atoms with Gasteiger partial charge in [-0.3, -0.25) is 0 Å². The van der Waals surface area contributed by atoms with Gasteiger partial charge in [0.15, 0.2) is 10.8 Å². The molecule has 20 heavy (non-hydrogen) atoms. The van der Waals surface area contributed by atoms with Gasteiger partial charge in [-0.05, 0) is 23.8 Å². The maximum Gasteiger partial charge on any atom is 0.178 e. The van der Waals surface area contributed by atoms with Gasteiger partial charge in [0, 0.05) is 11.9 Å². The Bertz CT molecular complexity index is 744. The number of pyridine rings is 1. The first-order chi connectivity index (χ1) is 9.74. The van der Waals surface area contributed by atoms with E-state index in [-0.39, 0.29) is 0 Å². The number of aromatic nitrogens is 3.